The van der Waals surface area contributed by atoms with Gasteiger partial charge in [0.2, 0.25) is 5.91 Å². The van der Waals surface area contributed by atoms with Gasteiger partial charge >= 0.3 is 0 Å². The van der Waals surface area contributed by atoms with Crippen molar-refractivity contribution in [2.45, 2.75) is 58.0 Å². The Labute approximate surface area is 123 Å². The quantitative estimate of drug-likeness (QED) is 0.669. The van der Waals surface area contributed by atoms with Crippen LogP contribution in [0.2, 0.25) is 0 Å². The van der Waals surface area contributed by atoms with Crippen molar-refractivity contribution in [1.82, 2.24) is 10.6 Å². The van der Waals surface area contributed by atoms with Crippen LogP contribution in [0, 0.1) is 17.8 Å². The number of rotatable bonds is 8. The highest BCUT2D eigenvalue weighted by Crippen LogP contribution is 2.49. The van der Waals surface area contributed by atoms with Crippen LogP contribution in [0.4, 0.5) is 0 Å². The van der Waals surface area contributed by atoms with Crippen molar-refractivity contribution in [3.63, 3.8) is 0 Å². The smallest absolute Gasteiger partial charge is 0.236 e. The van der Waals surface area contributed by atoms with E-state index in [1.165, 1.54) is 25.7 Å². The molecule has 2 saturated carbocycles. The van der Waals surface area contributed by atoms with Gasteiger partial charge in [-0.25, -0.2) is 0 Å². The summed E-state index contributed by atoms with van der Waals surface area (Å²) in [6, 6.07) is 0.344. The summed E-state index contributed by atoms with van der Waals surface area (Å²) < 4.78 is 4.98. The average molecular weight is 282 g/mol. The first-order valence-corrected chi connectivity index (χ1v) is 8.14. The van der Waals surface area contributed by atoms with Gasteiger partial charge in [0.15, 0.2) is 0 Å². The fourth-order valence-electron chi connectivity index (χ4n) is 4.08. The van der Waals surface area contributed by atoms with Gasteiger partial charge in [0.25, 0.3) is 0 Å². The summed E-state index contributed by atoms with van der Waals surface area (Å²) in [6.45, 7) is 5.61. The first kappa shape index (κ1) is 15.8. The summed E-state index contributed by atoms with van der Waals surface area (Å²) in [7, 11) is 1.68. The summed E-state index contributed by atoms with van der Waals surface area (Å²) in [5.74, 6) is 2.75. The van der Waals surface area contributed by atoms with Gasteiger partial charge in [-0.3, -0.25) is 4.79 Å². The molecule has 2 rings (SSSR count). The first-order chi connectivity index (χ1) is 9.61. The van der Waals surface area contributed by atoms with E-state index in [0.29, 0.717) is 19.2 Å². The third-order valence-corrected chi connectivity index (χ3v) is 5.17. The van der Waals surface area contributed by atoms with Crippen LogP contribution in [0.5, 0.6) is 0 Å². The lowest BCUT2D eigenvalue weighted by atomic mass is 9.84. The Hall–Kier alpha value is -0.610. The number of carbonyl (C=O) groups excluding carboxylic acids is 1. The fourth-order valence-corrected chi connectivity index (χ4v) is 4.08. The van der Waals surface area contributed by atoms with Crippen LogP contribution in [-0.2, 0) is 9.53 Å². The van der Waals surface area contributed by atoms with Gasteiger partial charge in [0.1, 0.15) is 0 Å². The Morgan fingerprint density at radius 3 is 2.70 bits per heavy atom. The van der Waals surface area contributed by atoms with Crippen LogP contribution < -0.4 is 10.6 Å². The molecule has 0 aromatic rings. The number of hydrogen-bond donors (Lipinski definition) is 2. The van der Waals surface area contributed by atoms with E-state index in [2.05, 4.69) is 17.6 Å². The molecule has 116 valence electrons. The monoisotopic (exact) mass is 282 g/mol. The van der Waals surface area contributed by atoms with Crippen LogP contribution in [0.3, 0.4) is 0 Å². The van der Waals surface area contributed by atoms with Crippen molar-refractivity contribution < 1.29 is 9.53 Å². The van der Waals surface area contributed by atoms with E-state index < -0.39 is 0 Å². The molecular formula is C16H30N2O2. The van der Waals surface area contributed by atoms with Gasteiger partial charge in [-0.2, -0.15) is 0 Å². The van der Waals surface area contributed by atoms with Crippen molar-refractivity contribution in [3.8, 4) is 0 Å². The van der Waals surface area contributed by atoms with Gasteiger partial charge < -0.3 is 15.4 Å². The minimum absolute atomic E-state index is 0.105. The van der Waals surface area contributed by atoms with Crippen molar-refractivity contribution >= 4 is 5.91 Å². The highest BCUT2D eigenvalue weighted by molar-refractivity contribution is 5.81. The SMILES string of the molecule is COCCCNC(=O)C(C)NC(C)C1C[C@H]2CC[C@@H]1C2. The summed E-state index contributed by atoms with van der Waals surface area (Å²) >= 11 is 0. The van der Waals surface area contributed by atoms with Crippen LogP contribution in [0.1, 0.15) is 46.0 Å². The zero-order chi connectivity index (χ0) is 14.5. The fraction of sp³-hybridized carbons (Fsp3) is 0.938. The molecule has 5 atom stereocenters. The molecule has 1 amide bonds. The van der Waals surface area contributed by atoms with Gasteiger partial charge in [0.05, 0.1) is 6.04 Å². The Balaban J connectivity index is 1.68. The second-order valence-corrected chi connectivity index (χ2v) is 6.65. The van der Waals surface area contributed by atoms with E-state index in [4.69, 9.17) is 4.74 Å². The van der Waals surface area contributed by atoms with Crippen LogP contribution in [-0.4, -0.2) is 38.3 Å². The lowest BCUT2D eigenvalue weighted by Crippen LogP contribution is -2.49. The molecule has 20 heavy (non-hydrogen) atoms. The molecule has 4 heteroatoms. The molecule has 0 aromatic carbocycles. The molecule has 0 saturated heterocycles. The van der Waals surface area contributed by atoms with Crippen LogP contribution in [0.25, 0.3) is 0 Å². The predicted octanol–water partition coefficient (Wildman–Crippen LogP) is 1.94. The highest BCUT2D eigenvalue weighted by atomic mass is 16.5. The van der Waals surface area contributed by atoms with Gasteiger partial charge in [-0.1, -0.05) is 6.42 Å². The highest BCUT2D eigenvalue weighted by Gasteiger charge is 2.42. The Morgan fingerprint density at radius 2 is 2.10 bits per heavy atom. The maximum Gasteiger partial charge on any atom is 0.236 e. The van der Waals surface area contributed by atoms with Crippen LogP contribution >= 0.6 is 0 Å². The molecule has 0 aliphatic heterocycles. The van der Waals surface area contributed by atoms with E-state index in [1.54, 1.807) is 7.11 Å². The summed E-state index contributed by atoms with van der Waals surface area (Å²) in [5.41, 5.74) is 0. The van der Waals surface area contributed by atoms with Crippen molar-refractivity contribution in [3.05, 3.63) is 0 Å². The lowest BCUT2D eigenvalue weighted by Gasteiger charge is -2.30. The van der Waals surface area contributed by atoms with Gasteiger partial charge in [-0.15, -0.1) is 0 Å². The molecule has 4 nitrogen and oxygen atoms in total. The third-order valence-electron chi connectivity index (χ3n) is 5.17. The molecule has 0 spiro atoms. The number of hydrogen-bond acceptors (Lipinski definition) is 3. The van der Waals surface area contributed by atoms with Crippen molar-refractivity contribution in [1.29, 1.82) is 0 Å². The second-order valence-electron chi connectivity index (χ2n) is 6.65. The number of nitrogens with one attached hydrogen (secondary N) is 2. The standard InChI is InChI=1S/C16H30N2O2/c1-11(15-10-13-5-6-14(15)9-13)18-12(2)16(19)17-7-4-8-20-3/h11-15,18H,4-10H2,1-3H3,(H,17,19)/t11?,12?,13-,14+,15?/m0/s1. The van der Waals surface area contributed by atoms with E-state index in [-0.39, 0.29) is 11.9 Å². The average Bonchev–Trinajstić information content (AvgIpc) is 3.05. The molecule has 2 bridgehead atoms. The van der Waals surface area contributed by atoms with Gasteiger partial charge in [-0.05, 0) is 57.3 Å². The summed E-state index contributed by atoms with van der Waals surface area (Å²) in [4.78, 5) is 12.0. The maximum atomic E-state index is 12.0. The lowest BCUT2D eigenvalue weighted by molar-refractivity contribution is -0.123. The maximum absolute atomic E-state index is 12.0. The molecule has 2 fully saturated rings. The number of carbonyl (C=O) groups is 1. The van der Waals surface area contributed by atoms with E-state index in [9.17, 15) is 4.79 Å². The molecule has 2 aliphatic carbocycles. The molecule has 0 heterocycles. The van der Waals surface area contributed by atoms with E-state index in [1.807, 2.05) is 6.92 Å². The molecule has 0 aromatic heterocycles. The molecule has 2 N–H and O–H groups in total. The first-order valence-electron chi connectivity index (χ1n) is 8.14. The minimum Gasteiger partial charge on any atom is -0.385 e. The second kappa shape index (κ2) is 7.41. The topological polar surface area (TPSA) is 50.4 Å². The van der Waals surface area contributed by atoms with Crippen molar-refractivity contribution in [2.24, 2.45) is 17.8 Å². The third kappa shape index (κ3) is 3.95. The molecule has 0 radical (unpaired) electrons. The molecule has 2 aliphatic rings. The minimum atomic E-state index is -0.105. The zero-order valence-electron chi connectivity index (χ0n) is 13.2. The predicted molar refractivity (Wildman–Crippen MR) is 80.5 cm³/mol. The Kier molecular flexibility index (Phi) is 5.85. The molecule has 3 unspecified atom stereocenters. The number of amides is 1. The van der Waals surface area contributed by atoms with Gasteiger partial charge in [0, 0.05) is 26.3 Å². The van der Waals surface area contributed by atoms with E-state index >= 15 is 0 Å². The largest absolute Gasteiger partial charge is 0.385 e. The van der Waals surface area contributed by atoms with Crippen LogP contribution in [0.15, 0.2) is 0 Å². The summed E-state index contributed by atoms with van der Waals surface area (Å²) in [5, 5.41) is 6.47. The normalized spacial score (nSPS) is 31.2. The Morgan fingerprint density at radius 1 is 1.30 bits per heavy atom. The van der Waals surface area contributed by atoms with E-state index in [0.717, 1.165) is 24.2 Å². The number of methoxy groups -OCH3 is 1. The van der Waals surface area contributed by atoms with Crippen molar-refractivity contribution in [2.75, 3.05) is 20.3 Å². The Bertz CT molecular complexity index is 322. The number of ether oxygens (including phenoxy) is 1. The summed E-state index contributed by atoms with van der Waals surface area (Å²) in [6.07, 6.45) is 6.49. The number of fused-ring (bicyclic) bond motifs is 2. The zero-order valence-corrected chi connectivity index (χ0v) is 13.2. The molecular weight excluding hydrogens is 252 g/mol.